The van der Waals surface area contributed by atoms with Gasteiger partial charge in [0.15, 0.2) is 0 Å². The number of alkyl halides is 17. The lowest BCUT2D eigenvalue weighted by atomic mass is 9.91. The molecule has 4 nitrogen and oxygen atoms in total. The molecule has 0 aromatic heterocycles. The van der Waals surface area contributed by atoms with E-state index in [0.717, 1.165) is 0 Å². The second kappa shape index (κ2) is 12.0. The highest BCUT2D eigenvalue weighted by Gasteiger charge is 2.96. The molecule has 2 fully saturated rings. The number of ketones is 1. The van der Waals surface area contributed by atoms with Crippen LogP contribution in [0, 0.1) is 5.92 Å². The summed E-state index contributed by atoms with van der Waals surface area (Å²) in [6, 6.07) is 0. The normalized spacial score (nSPS) is 21.9. The van der Waals surface area contributed by atoms with E-state index >= 15 is 0 Å². The summed E-state index contributed by atoms with van der Waals surface area (Å²) in [7, 11) is -11.7. The van der Waals surface area contributed by atoms with Gasteiger partial charge in [0, 0.05) is 11.2 Å². The number of carbonyl (C=O) groups excluding carboxylic acids is 1. The Kier molecular flexibility index (Phi) is 10.7. The van der Waals surface area contributed by atoms with Crippen LogP contribution in [-0.2, 0) is 18.5 Å². The molecule has 0 amide bonds. The van der Waals surface area contributed by atoms with Gasteiger partial charge < -0.3 is 0 Å². The van der Waals surface area contributed by atoms with Crippen molar-refractivity contribution >= 4 is 26.2 Å². The van der Waals surface area contributed by atoms with Gasteiger partial charge in [-0.15, -0.1) is 10.3 Å². The quantitative estimate of drug-likeness (QED) is 0.177. The Morgan fingerprint density at radius 2 is 0.933 bits per heavy atom. The topological polar surface area (TPSA) is 60.4 Å². The van der Waals surface area contributed by atoms with Crippen molar-refractivity contribution in [2.24, 2.45) is 5.92 Å². The van der Waals surface area contributed by atoms with Crippen molar-refractivity contribution in [2.45, 2.75) is 110 Å². The molecule has 0 aliphatic heterocycles. The number of hydrogen-bond acceptors (Lipinski definition) is 4. The van der Waals surface area contributed by atoms with Crippen LogP contribution in [0.4, 0.5) is 74.6 Å². The summed E-state index contributed by atoms with van der Waals surface area (Å²) < 4.78 is 261. The first-order valence-electron chi connectivity index (χ1n) is 12.7. The van der Waals surface area contributed by atoms with E-state index in [-0.39, 0.29) is 38.5 Å². The molecule has 0 aromatic rings. The van der Waals surface area contributed by atoms with Crippen LogP contribution in [0.15, 0.2) is 0 Å². The Bertz CT molecular complexity index is 1190. The lowest BCUT2D eigenvalue weighted by Crippen LogP contribution is -2.75. The maximum atomic E-state index is 14.7. The standard InChI is InChI=1S/C22H25F17O4S2/c1-44(13-9-3-2-4-10-13,11-14(40)12-7-5-6-8-12)43-45(41,42)22(38,39)20(33,34)18(29,30)16(25,26)15(23,24)17(27,28)19(31,32)21(35,36)37/h12-13H,2-11H2,1H3. The van der Waals surface area contributed by atoms with Crippen LogP contribution in [0.25, 0.3) is 0 Å². The minimum Gasteiger partial charge on any atom is -0.298 e. The third-order valence-corrected chi connectivity index (χ3v) is 13.3. The molecule has 0 spiro atoms. The molecule has 2 aliphatic rings. The van der Waals surface area contributed by atoms with Crippen LogP contribution in [0.5, 0.6) is 0 Å². The summed E-state index contributed by atoms with van der Waals surface area (Å²) in [4.78, 5) is 12.8. The van der Waals surface area contributed by atoms with E-state index in [2.05, 4.69) is 3.63 Å². The molecular weight excluding hydrogens is 715 g/mol. The zero-order valence-electron chi connectivity index (χ0n) is 22.6. The van der Waals surface area contributed by atoms with Gasteiger partial charge in [-0.1, -0.05) is 32.1 Å². The van der Waals surface area contributed by atoms with Crippen LogP contribution in [-0.4, -0.2) is 78.4 Å². The highest BCUT2D eigenvalue weighted by Crippen LogP contribution is 2.66. The first-order valence-corrected chi connectivity index (χ1v) is 16.4. The van der Waals surface area contributed by atoms with E-state index in [0.29, 0.717) is 25.5 Å². The van der Waals surface area contributed by atoms with E-state index in [9.17, 15) is 87.8 Å². The average molecular weight is 741 g/mol. The number of Topliss-reactive ketones (excluding diaryl/α,β-unsaturated/α-hetero) is 1. The van der Waals surface area contributed by atoms with Crippen molar-refractivity contribution in [3.63, 3.8) is 0 Å². The van der Waals surface area contributed by atoms with Crippen molar-refractivity contribution in [3.05, 3.63) is 0 Å². The molecule has 0 bridgehead atoms. The van der Waals surface area contributed by atoms with Gasteiger partial charge in [-0.3, -0.25) is 4.79 Å². The van der Waals surface area contributed by atoms with Crippen LogP contribution >= 0.6 is 10.3 Å². The number of rotatable bonds is 13. The Balaban J connectivity index is 2.60. The summed E-state index contributed by atoms with van der Waals surface area (Å²) in [6.45, 7) is 0. The minimum absolute atomic E-state index is 0.0930. The molecular formula is C22H25F17O4S2. The van der Waals surface area contributed by atoms with E-state index in [1.165, 1.54) is 0 Å². The summed E-state index contributed by atoms with van der Waals surface area (Å²) in [5, 5.41) is -8.94. The third kappa shape index (κ3) is 6.23. The second-order valence-corrected chi connectivity index (χ2v) is 16.0. The molecule has 0 aromatic carbocycles. The second-order valence-electron chi connectivity index (χ2n) is 10.9. The van der Waals surface area contributed by atoms with Crippen LogP contribution in [0.1, 0.15) is 57.8 Å². The predicted octanol–water partition coefficient (Wildman–Crippen LogP) is 8.74. The van der Waals surface area contributed by atoms with Crippen LogP contribution in [0.2, 0.25) is 0 Å². The molecule has 2 saturated carbocycles. The lowest BCUT2D eigenvalue weighted by molar-refractivity contribution is -0.458. The summed E-state index contributed by atoms with van der Waals surface area (Å²) in [5.74, 6) is -54.7. The Hall–Kier alpha value is -1.26. The number of hydrogen-bond donors (Lipinski definition) is 0. The summed E-state index contributed by atoms with van der Waals surface area (Å²) >= 11 is 0. The minimum atomic E-state index is -8.92. The van der Waals surface area contributed by atoms with Gasteiger partial charge in [0.05, 0.1) is 5.75 Å². The first kappa shape index (κ1) is 39.9. The monoisotopic (exact) mass is 740 g/mol. The predicted molar refractivity (Wildman–Crippen MR) is 123 cm³/mol. The molecule has 0 saturated heterocycles. The Morgan fingerprint density at radius 1 is 0.578 bits per heavy atom. The highest BCUT2D eigenvalue weighted by molar-refractivity contribution is 8.33. The molecule has 0 N–H and O–H groups in total. The van der Waals surface area contributed by atoms with Gasteiger partial charge >= 0.3 is 57.1 Å². The van der Waals surface area contributed by atoms with E-state index in [4.69, 9.17) is 0 Å². The zero-order chi connectivity index (χ0) is 35.5. The summed E-state index contributed by atoms with van der Waals surface area (Å²) in [5.41, 5.74) is 0. The van der Waals surface area contributed by atoms with Crippen molar-refractivity contribution in [1.82, 2.24) is 0 Å². The van der Waals surface area contributed by atoms with Crippen molar-refractivity contribution in [3.8, 4) is 0 Å². The largest absolute Gasteiger partial charge is 0.460 e. The average Bonchev–Trinajstić information content (AvgIpc) is 3.43. The van der Waals surface area contributed by atoms with E-state index < -0.39 is 90.1 Å². The maximum Gasteiger partial charge on any atom is 0.460 e. The van der Waals surface area contributed by atoms with Gasteiger partial charge in [-0.05, 0) is 31.9 Å². The molecule has 2 rings (SSSR count). The van der Waals surface area contributed by atoms with Crippen LogP contribution in [0.3, 0.4) is 0 Å². The molecule has 45 heavy (non-hydrogen) atoms. The molecule has 0 radical (unpaired) electrons. The Morgan fingerprint density at radius 3 is 1.33 bits per heavy atom. The molecule has 2 aliphatic carbocycles. The van der Waals surface area contributed by atoms with Gasteiger partial charge in [-0.25, -0.2) is 3.63 Å². The lowest BCUT2D eigenvalue weighted by Gasteiger charge is -2.45. The smallest absolute Gasteiger partial charge is 0.298 e. The first-order chi connectivity index (χ1) is 19.8. The highest BCUT2D eigenvalue weighted by atomic mass is 32.3. The fourth-order valence-corrected chi connectivity index (χ4v) is 10.4. The number of halogens is 17. The molecule has 1 atom stereocenters. The molecule has 1 unspecified atom stereocenters. The zero-order valence-corrected chi connectivity index (χ0v) is 24.2. The fraction of sp³-hybridized carbons (Fsp3) is 0.955. The van der Waals surface area contributed by atoms with Gasteiger partial charge in [-0.2, -0.15) is 83.1 Å². The van der Waals surface area contributed by atoms with Crippen molar-refractivity contribution < 1.29 is 91.5 Å². The molecule has 23 heteroatoms. The third-order valence-electron chi connectivity index (χ3n) is 7.75. The van der Waals surface area contributed by atoms with Gasteiger partial charge in [0.25, 0.3) is 0 Å². The Labute approximate surface area is 246 Å². The van der Waals surface area contributed by atoms with E-state index in [1.807, 2.05) is 0 Å². The SMILES string of the molecule is CS(CC(=O)C1CCCC1)(OS(=O)(=O)C(F)(F)C(F)(F)C(F)(F)C(F)(F)C(F)(F)C(F)(F)C(F)(F)C(F)(F)F)C1CCCCC1. The van der Waals surface area contributed by atoms with Crippen molar-refractivity contribution in [2.75, 3.05) is 12.0 Å². The van der Waals surface area contributed by atoms with Crippen molar-refractivity contribution in [1.29, 1.82) is 0 Å². The van der Waals surface area contributed by atoms with Crippen LogP contribution < -0.4 is 0 Å². The maximum absolute atomic E-state index is 14.7. The summed E-state index contributed by atoms with van der Waals surface area (Å²) in [6.07, 6.45) is -5.01. The fourth-order valence-electron chi connectivity index (χ4n) is 4.96. The van der Waals surface area contributed by atoms with Gasteiger partial charge in [0.1, 0.15) is 5.78 Å². The number of carbonyl (C=O) groups is 1. The molecule has 0 heterocycles. The van der Waals surface area contributed by atoms with E-state index in [1.54, 1.807) is 0 Å². The molecule has 268 valence electrons. The van der Waals surface area contributed by atoms with Gasteiger partial charge in [0.2, 0.25) is 0 Å².